The SMILES string of the molecule is O=C(c1ccc(Cl)c(Cc2ccc(Oc3cccnn3)cc2)c1)[C@H](O)CO. The zero-order valence-corrected chi connectivity index (χ0v) is 15.0. The Hall–Kier alpha value is -2.80. The molecular weight excluding hydrogens is 368 g/mol. The van der Waals surface area contributed by atoms with E-state index in [1.54, 1.807) is 30.5 Å². The number of rotatable bonds is 7. The predicted octanol–water partition coefficient (Wildman–Crippen LogP) is 3.05. The lowest BCUT2D eigenvalue weighted by Crippen LogP contribution is -2.24. The second-order valence-corrected chi connectivity index (χ2v) is 6.26. The lowest BCUT2D eigenvalue weighted by molar-refractivity contribution is 0.0587. The van der Waals surface area contributed by atoms with E-state index < -0.39 is 18.5 Å². The van der Waals surface area contributed by atoms with Gasteiger partial charge in [0.15, 0.2) is 5.78 Å². The van der Waals surface area contributed by atoms with Gasteiger partial charge in [0.2, 0.25) is 5.88 Å². The lowest BCUT2D eigenvalue weighted by atomic mass is 9.99. The summed E-state index contributed by atoms with van der Waals surface area (Å²) in [6.45, 7) is -0.621. The minimum absolute atomic E-state index is 0.304. The van der Waals surface area contributed by atoms with Crippen molar-refractivity contribution in [2.75, 3.05) is 6.61 Å². The number of benzene rings is 2. The van der Waals surface area contributed by atoms with Gasteiger partial charge in [-0.2, -0.15) is 5.10 Å². The molecule has 1 aromatic heterocycles. The molecule has 0 aliphatic heterocycles. The summed E-state index contributed by atoms with van der Waals surface area (Å²) in [5.41, 5.74) is 2.02. The summed E-state index contributed by atoms with van der Waals surface area (Å²) in [4.78, 5) is 12.0. The molecule has 1 atom stereocenters. The standard InChI is InChI=1S/C20H17ClN2O4/c21-17-8-5-14(20(26)18(25)12-24)11-15(17)10-13-3-6-16(7-4-13)27-19-2-1-9-22-23-19/h1-9,11,18,24-25H,10,12H2/t18-/m1/s1. The van der Waals surface area contributed by atoms with E-state index in [4.69, 9.17) is 21.4 Å². The van der Waals surface area contributed by atoms with Crippen molar-refractivity contribution in [1.29, 1.82) is 0 Å². The molecule has 0 amide bonds. The van der Waals surface area contributed by atoms with Crippen LogP contribution in [-0.4, -0.2) is 38.9 Å². The van der Waals surface area contributed by atoms with Crippen molar-refractivity contribution >= 4 is 17.4 Å². The van der Waals surface area contributed by atoms with Crippen molar-refractivity contribution < 1.29 is 19.7 Å². The van der Waals surface area contributed by atoms with E-state index in [0.29, 0.717) is 28.6 Å². The largest absolute Gasteiger partial charge is 0.438 e. The van der Waals surface area contributed by atoms with Crippen LogP contribution in [-0.2, 0) is 6.42 Å². The molecule has 0 aliphatic rings. The first-order valence-electron chi connectivity index (χ1n) is 8.23. The van der Waals surface area contributed by atoms with Gasteiger partial charge in [0.25, 0.3) is 0 Å². The van der Waals surface area contributed by atoms with E-state index in [1.165, 1.54) is 6.07 Å². The first-order valence-corrected chi connectivity index (χ1v) is 8.60. The highest BCUT2D eigenvalue weighted by Crippen LogP contribution is 2.24. The second-order valence-electron chi connectivity index (χ2n) is 5.85. The van der Waals surface area contributed by atoms with E-state index in [-0.39, 0.29) is 0 Å². The Kier molecular flexibility index (Phi) is 6.13. The zero-order valence-electron chi connectivity index (χ0n) is 14.2. The Morgan fingerprint density at radius 2 is 1.93 bits per heavy atom. The molecule has 7 heteroatoms. The molecule has 0 saturated carbocycles. The molecule has 1 heterocycles. The number of aliphatic hydroxyl groups excluding tert-OH is 2. The number of carbonyl (C=O) groups excluding carboxylic acids is 1. The number of aliphatic hydroxyl groups is 2. The number of aromatic nitrogens is 2. The van der Waals surface area contributed by atoms with Crippen LogP contribution in [0.5, 0.6) is 11.6 Å². The van der Waals surface area contributed by atoms with E-state index in [2.05, 4.69) is 10.2 Å². The molecule has 0 unspecified atom stereocenters. The summed E-state index contributed by atoms with van der Waals surface area (Å²) in [5, 5.41) is 26.6. The molecule has 0 radical (unpaired) electrons. The summed E-state index contributed by atoms with van der Waals surface area (Å²) >= 11 is 6.24. The first kappa shape index (κ1) is 19.0. The van der Waals surface area contributed by atoms with Crippen molar-refractivity contribution in [2.24, 2.45) is 0 Å². The van der Waals surface area contributed by atoms with Crippen LogP contribution >= 0.6 is 11.6 Å². The average molecular weight is 385 g/mol. The Bertz CT molecular complexity index is 917. The molecule has 0 bridgehead atoms. The number of hydrogen-bond donors (Lipinski definition) is 2. The Labute approximate surface area is 161 Å². The summed E-state index contributed by atoms with van der Waals surface area (Å²) in [6.07, 6.45) is 0.634. The van der Waals surface area contributed by atoms with Gasteiger partial charge in [-0.05, 0) is 53.9 Å². The summed E-state index contributed by atoms with van der Waals surface area (Å²) in [5.74, 6) is 0.491. The van der Waals surface area contributed by atoms with Crippen molar-refractivity contribution in [3.63, 3.8) is 0 Å². The van der Waals surface area contributed by atoms with Crippen molar-refractivity contribution in [3.8, 4) is 11.6 Å². The van der Waals surface area contributed by atoms with Gasteiger partial charge in [-0.1, -0.05) is 23.7 Å². The van der Waals surface area contributed by atoms with Crippen LogP contribution in [0.1, 0.15) is 21.5 Å². The fourth-order valence-electron chi connectivity index (χ4n) is 2.50. The third-order valence-corrected chi connectivity index (χ3v) is 4.26. The van der Waals surface area contributed by atoms with E-state index >= 15 is 0 Å². The van der Waals surface area contributed by atoms with Gasteiger partial charge in [-0.25, -0.2) is 0 Å². The molecule has 2 N–H and O–H groups in total. The van der Waals surface area contributed by atoms with Gasteiger partial charge >= 0.3 is 0 Å². The lowest BCUT2D eigenvalue weighted by Gasteiger charge is -2.10. The fourth-order valence-corrected chi connectivity index (χ4v) is 2.68. The van der Waals surface area contributed by atoms with Gasteiger partial charge in [0.1, 0.15) is 11.9 Å². The number of ketones is 1. The topological polar surface area (TPSA) is 92.5 Å². The highest BCUT2D eigenvalue weighted by molar-refractivity contribution is 6.31. The number of ether oxygens (including phenoxy) is 1. The average Bonchev–Trinajstić information content (AvgIpc) is 2.70. The van der Waals surface area contributed by atoms with Crippen LogP contribution in [0.25, 0.3) is 0 Å². The molecule has 3 aromatic rings. The molecule has 0 aliphatic carbocycles. The number of halogens is 1. The fraction of sp³-hybridized carbons (Fsp3) is 0.150. The van der Waals surface area contributed by atoms with Crippen LogP contribution in [0.4, 0.5) is 0 Å². The molecule has 3 rings (SSSR count). The van der Waals surface area contributed by atoms with Crippen LogP contribution in [0.3, 0.4) is 0 Å². The Morgan fingerprint density at radius 1 is 1.15 bits per heavy atom. The van der Waals surface area contributed by atoms with Crippen LogP contribution in [0.15, 0.2) is 60.8 Å². The van der Waals surface area contributed by atoms with Gasteiger partial charge in [0.05, 0.1) is 6.61 Å². The maximum Gasteiger partial charge on any atom is 0.238 e. The normalized spacial score (nSPS) is 11.8. The molecular formula is C20H17ClN2O4. The van der Waals surface area contributed by atoms with Crippen LogP contribution in [0, 0.1) is 0 Å². The van der Waals surface area contributed by atoms with Gasteiger partial charge in [-0.15, -0.1) is 5.10 Å². The quantitative estimate of drug-likeness (QED) is 0.608. The van der Waals surface area contributed by atoms with Gasteiger partial charge in [0, 0.05) is 22.8 Å². The van der Waals surface area contributed by atoms with Gasteiger partial charge in [-0.3, -0.25) is 4.79 Å². The van der Waals surface area contributed by atoms with Crippen LogP contribution < -0.4 is 4.74 Å². The number of hydrogen-bond acceptors (Lipinski definition) is 6. The summed E-state index contributed by atoms with van der Waals surface area (Å²) in [6, 6.07) is 15.6. The molecule has 0 saturated heterocycles. The highest BCUT2D eigenvalue weighted by Gasteiger charge is 2.17. The zero-order chi connectivity index (χ0) is 19.2. The third-order valence-electron chi connectivity index (χ3n) is 3.89. The molecule has 27 heavy (non-hydrogen) atoms. The van der Waals surface area contributed by atoms with Crippen molar-refractivity contribution in [2.45, 2.75) is 12.5 Å². The highest BCUT2D eigenvalue weighted by atomic mass is 35.5. The Balaban J connectivity index is 1.74. The van der Waals surface area contributed by atoms with Crippen LogP contribution in [0.2, 0.25) is 5.02 Å². The Morgan fingerprint density at radius 3 is 2.59 bits per heavy atom. The third kappa shape index (κ3) is 4.89. The molecule has 0 spiro atoms. The summed E-state index contributed by atoms with van der Waals surface area (Å²) in [7, 11) is 0. The number of Topliss-reactive ketones (excluding diaryl/α,β-unsaturated/α-hetero) is 1. The smallest absolute Gasteiger partial charge is 0.238 e. The van der Waals surface area contributed by atoms with Crippen molar-refractivity contribution in [3.05, 3.63) is 82.5 Å². The maximum atomic E-state index is 12.0. The number of carbonyl (C=O) groups is 1. The van der Waals surface area contributed by atoms with E-state index in [9.17, 15) is 9.90 Å². The molecule has 0 fully saturated rings. The minimum Gasteiger partial charge on any atom is -0.438 e. The van der Waals surface area contributed by atoms with E-state index in [1.807, 2.05) is 24.3 Å². The molecule has 138 valence electrons. The predicted molar refractivity (Wildman–Crippen MR) is 100 cm³/mol. The van der Waals surface area contributed by atoms with Gasteiger partial charge < -0.3 is 14.9 Å². The van der Waals surface area contributed by atoms with E-state index in [0.717, 1.165) is 11.1 Å². The summed E-state index contributed by atoms with van der Waals surface area (Å²) < 4.78 is 5.60. The maximum absolute atomic E-state index is 12.0. The number of nitrogens with zero attached hydrogens (tertiary/aromatic N) is 2. The molecule has 6 nitrogen and oxygen atoms in total. The minimum atomic E-state index is -1.43. The van der Waals surface area contributed by atoms with Crippen molar-refractivity contribution in [1.82, 2.24) is 10.2 Å². The molecule has 2 aromatic carbocycles. The monoisotopic (exact) mass is 384 g/mol. The second kappa shape index (κ2) is 8.73. The first-order chi connectivity index (χ1) is 13.1.